The third-order valence-electron chi connectivity index (χ3n) is 6.18. The van der Waals surface area contributed by atoms with E-state index < -0.39 is 9.84 Å². The van der Waals surface area contributed by atoms with Crippen LogP contribution in [-0.2, 0) is 14.6 Å². The second-order valence-electron chi connectivity index (χ2n) is 8.56. The van der Waals surface area contributed by atoms with Crippen LogP contribution in [0.3, 0.4) is 0 Å². The quantitative estimate of drug-likeness (QED) is 0.584. The highest BCUT2D eigenvalue weighted by molar-refractivity contribution is 7.91. The normalized spacial score (nSPS) is 21.4. The van der Waals surface area contributed by atoms with Crippen molar-refractivity contribution in [2.24, 2.45) is 0 Å². The molecule has 2 aromatic rings. The Morgan fingerprint density at radius 1 is 1.15 bits per heavy atom. The molecule has 0 N–H and O–H groups in total. The van der Waals surface area contributed by atoms with E-state index in [0.29, 0.717) is 35.9 Å². The van der Waals surface area contributed by atoms with Gasteiger partial charge in [0.1, 0.15) is 5.15 Å². The van der Waals surface area contributed by atoms with Crippen LogP contribution in [0.2, 0.25) is 5.15 Å². The molecule has 0 bridgehead atoms. The van der Waals surface area contributed by atoms with Gasteiger partial charge in [-0.25, -0.2) is 13.1 Å². The Bertz CT molecular complexity index is 1150. The van der Waals surface area contributed by atoms with Crippen molar-refractivity contribution in [1.29, 1.82) is 0 Å². The Kier molecular flexibility index (Phi) is 7.36. The number of carbonyl (C=O) groups is 1. The van der Waals surface area contributed by atoms with Crippen LogP contribution in [0.25, 0.3) is 12.2 Å². The minimum absolute atomic E-state index is 0.0545. The number of amides is 1. The number of carbonyl (C=O) groups excluding carboxylic acids is 1. The average molecular weight is 489 g/mol. The molecule has 1 aromatic heterocycles. The lowest BCUT2D eigenvalue weighted by atomic mass is 10.2. The van der Waals surface area contributed by atoms with Crippen LogP contribution in [-0.4, -0.2) is 78.1 Å². The summed E-state index contributed by atoms with van der Waals surface area (Å²) in [6.07, 6.45) is 8.02. The number of hydrogen-bond acceptors (Lipinski definition) is 5. The number of sulfone groups is 1. The van der Waals surface area contributed by atoms with Crippen LogP contribution in [0, 0.1) is 6.92 Å². The molecule has 1 aromatic carbocycles. The number of piperazine rings is 1. The maximum absolute atomic E-state index is 12.7. The average Bonchev–Trinajstić information content (AvgIpc) is 3.31. The third kappa shape index (κ3) is 5.93. The van der Waals surface area contributed by atoms with Gasteiger partial charge in [-0.15, -0.1) is 0 Å². The van der Waals surface area contributed by atoms with Gasteiger partial charge in [-0.3, -0.25) is 9.69 Å². The molecule has 3 heterocycles. The number of benzene rings is 1. The number of halogens is 1. The summed E-state index contributed by atoms with van der Waals surface area (Å²) in [6, 6.07) is 9.96. The molecule has 0 radical (unpaired) electrons. The van der Waals surface area contributed by atoms with Gasteiger partial charge in [-0.05, 0) is 25.0 Å². The molecule has 0 spiro atoms. The van der Waals surface area contributed by atoms with Gasteiger partial charge in [0, 0.05) is 44.4 Å². The lowest BCUT2D eigenvalue weighted by molar-refractivity contribution is -0.127. The topological polar surface area (TPSA) is 75.5 Å². The van der Waals surface area contributed by atoms with Gasteiger partial charge < -0.3 is 4.90 Å². The lowest BCUT2D eigenvalue weighted by Gasteiger charge is -2.33. The molecule has 4 rings (SSSR count). The van der Waals surface area contributed by atoms with E-state index in [-0.39, 0.29) is 23.5 Å². The first kappa shape index (κ1) is 23.7. The van der Waals surface area contributed by atoms with Crippen LogP contribution in [0.15, 0.2) is 42.5 Å². The van der Waals surface area contributed by atoms with Gasteiger partial charge >= 0.3 is 0 Å². The fraction of sp³-hybridized carbons (Fsp3) is 0.417. The molecule has 2 aliphatic rings. The Morgan fingerprint density at radius 3 is 2.55 bits per heavy atom. The summed E-state index contributed by atoms with van der Waals surface area (Å²) in [5, 5.41) is 4.82. The Labute approximate surface area is 200 Å². The largest absolute Gasteiger partial charge is 0.337 e. The van der Waals surface area contributed by atoms with Gasteiger partial charge in [0.25, 0.3) is 0 Å². The van der Waals surface area contributed by atoms with Crippen LogP contribution in [0.1, 0.15) is 29.3 Å². The molecular formula is C24H29ClN4O3S. The van der Waals surface area contributed by atoms with E-state index in [2.05, 4.69) is 34.3 Å². The zero-order valence-electron chi connectivity index (χ0n) is 18.7. The maximum atomic E-state index is 12.7. The molecule has 176 valence electrons. The van der Waals surface area contributed by atoms with Crippen molar-refractivity contribution in [3.8, 4) is 0 Å². The van der Waals surface area contributed by atoms with Gasteiger partial charge in [-0.2, -0.15) is 5.10 Å². The highest BCUT2D eigenvalue weighted by Gasteiger charge is 2.31. The minimum atomic E-state index is -3.04. The van der Waals surface area contributed by atoms with Crippen molar-refractivity contribution in [2.75, 3.05) is 44.2 Å². The molecule has 0 saturated carbocycles. The van der Waals surface area contributed by atoms with E-state index in [0.717, 1.165) is 19.6 Å². The summed E-state index contributed by atoms with van der Waals surface area (Å²) < 4.78 is 25.2. The highest BCUT2D eigenvalue weighted by atomic mass is 35.5. The predicted octanol–water partition coefficient (Wildman–Crippen LogP) is 3.08. The zero-order valence-corrected chi connectivity index (χ0v) is 20.3. The second-order valence-corrected chi connectivity index (χ2v) is 11.2. The zero-order chi connectivity index (χ0) is 23.4. The molecule has 33 heavy (non-hydrogen) atoms. The van der Waals surface area contributed by atoms with Gasteiger partial charge in [0.15, 0.2) is 9.84 Å². The van der Waals surface area contributed by atoms with Gasteiger partial charge in [0.2, 0.25) is 5.91 Å². The summed E-state index contributed by atoms with van der Waals surface area (Å²) >= 11 is 6.50. The number of rotatable bonds is 6. The first-order chi connectivity index (χ1) is 15.8. The number of hydrogen-bond donors (Lipinski definition) is 0. The van der Waals surface area contributed by atoms with E-state index in [1.165, 1.54) is 11.6 Å². The summed E-state index contributed by atoms with van der Waals surface area (Å²) in [4.78, 5) is 16.9. The standard InChI is InChI=1S/C24H29ClN4O3S/c1-19-22(24(25)29(26-19)21-11-17-33(31,32)18-21)9-10-23(30)28-15-13-27(14-16-28)12-5-8-20-6-3-2-4-7-20/h2-10,21H,11-18H2,1H3. The molecular weight excluding hydrogens is 460 g/mol. The van der Waals surface area contributed by atoms with Crippen LogP contribution >= 0.6 is 11.6 Å². The minimum Gasteiger partial charge on any atom is -0.337 e. The van der Waals surface area contributed by atoms with Crippen LogP contribution in [0.5, 0.6) is 0 Å². The van der Waals surface area contributed by atoms with E-state index >= 15 is 0 Å². The van der Waals surface area contributed by atoms with Crippen LogP contribution < -0.4 is 0 Å². The highest BCUT2D eigenvalue weighted by Crippen LogP contribution is 2.30. The number of aryl methyl sites for hydroxylation is 1. The summed E-state index contributed by atoms with van der Waals surface area (Å²) in [7, 11) is -3.04. The monoisotopic (exact) mass is 488 g/mol. The second kappa shape index (κ2) is 10.2. The number of nitrogens with zero attached hydrogens (tertiary/aromatic N) is 4. The molecule has 1 atom stereocenters. The van der Waals surface area contributed by atoms with Crippen molar-refractivity contribution in [3.05, 3.63) is 64.5 Å². The van der Waals surface area contributed by atoms with Crippen molar-refractivity contribution in [2.45, 2.75) is 19.4 Å². The molecule has 1 amide bonds. The molecule has 9 heteroatoms. The summed E-state index contributed by atoms with van der Waals surface area (Å²) in [5.41, 5.74) is 2.53. The van der Waals surface area contributed by atoms with Crippen molar-refractivity contribution in [1.82, 2.24) is 19.6 Å². The van der Waals surface area contributed by atoms with Gasteiger partial charge in [-0.1, -0.05) is 54.1 Å². The predicted molar refractivity (Wildman–Crippen MR) is 132 cm³/mol. The van der Waals surface area contributed by atoms with Crippen molar-refractivity contribution in [3.63, 3.8) is 0 Å². The van der Waals surface area contributed by atoms with Crippen molar-refractivity contribution < 1.29 is 13.2 Å². The SMILES string of the molecule is Cc1nn(C2CCS(=O)(=O)C2)c(Cl)c1C=CC(=O)N1CCN(CC=Cc2ccccc2)CC1. The third-order valence-corrected chi connectivity index (χ3v) is 8.30. The Hall–Kier alpha value is -2.42. The number of aromatic nitrogens is 2. The fourth-order valence-electron chi connectivity index (χ4n) is 4.24. The maximum Gasteiger partial charge on any atom is 0.246 e. The van der Waals surface area contributed by atoms with Gasteiger partial charge in [0.05, 0.1) is 23.2 Å². The molecule has 1 unspecified atom stereocenters. The smallest absolute Gasteiger partial charge is 0.246 e. The van der Waals surface area contributed by atoms with E-state index in [4.69, 9.17) is 11.6 Å². The van der Waals surface area contributed by atoms with Crippen LogP contribution in [0.4, 0.5) is 0 Å². The molecule has 2 fully saturated rings. The van der Waals surface area contributed by atoms with E-state index in [9.17, 15) is 13.2 Å². The molecule has 7 nitrogen and oxygen atoms in total. The molecule has 2 aliphatic heterocycles. The van der Waals surface area contributed by atoms with Crippen molar-refractivity contribution >= 4 is 39.5 Å². The van der Waals surface area contributed by atoms with E-state index in [1.54, 1.807) is 10.8 Å². The van der Waals surface area contributed by atoms with E-state index in [1.807, 2.05) is 30.0 Å². The fourth-order valence-corrected chi connectivity index (χ4v) is 6.31. The first-order valence-corrected chi connectivity index (χ1v) is 13.4. The Morgan fingerprint density at radius 2 is 1.88 bits per heavy atom. The lowest BCUT2D eigenvalue weighted by Crippen LogP contribution is -2.48. The first-order valence-electron chi connectivity index (χ1n) is 11.2. The Balaban J connectivity index is 1.30. The summed E-state index contributed by atoms with van der Waals surface area (Å²) in [5.74, 6) is 0.159. The summed E-state index contributed by atoms with van der Waals surface area (Å²) in [6.45, 7) is 5.68. The molecule has 0 aliphatic carbocycles. The molecule has 2 saturated heterocycles.